The molecule has 0 saturated heterocycles. The van der Waals surface area contributed by atoms with Gasteiger partial charge in [0.15, 0.2) is 0 Å². The van der Waals surface area contributed by atoms with Crippen LogP contribution in [-0.4, -0.2) is 39.4 Å². The Morgan fingerprint density at radius 2 is 1.87 bits per heavy atom. The van der Waals surface area contributed by atoms with E-state index in [0.29, 0.717) is 6.54 Å². The van der Waals surface area contributed by atoms with Crippen LogP contribution in [0.4, 0.5) is 0 Å². The maximum Gasteiger partial charge on any atom is 0.239 e. The van der Waals surface area contributed by atoms with Crippen molar-refractivity contribution in [2.75, 3.05) is 13.2 Å². The quantitative estimate of drug-likeness (QED) is 0.757. The van der Waals surface area contributed by atoms with E-state index in [1.807, 2.05) is 13.8 Å². The van der Waals surface area contributed by atoms with E-state index in [1.165, 1.54) is 0 Å². The number of aliphatic hydroxyl groups excluding tert-OH is 1. The van der Waals surface area contributed by atoms with Gasteiger partial charge < -0.3 is 10.0 Å². The third kappa shape index (κ3) is 4.51. The molecular formula is C11H22BrNO2. The second-order valence-corrected chi connectivity index (χ2v) is 6.15. The Bertz CT molecular complexity index is 197. The molecule has 0 saturated carbocycles. The average molecular weight is 280 g/mol. The Hall–Kier alpha value is -0.0900. The van der Waals surface area contributed by atoms with Gasteiger partial charge in [0.1, 0.15) is 0 Å². The topological polar surface area (TPSA) is 40.5 Å². The van der Waals surface area contributed by atoms with Gasteiger partial charge in [-0.1, -0.05) is 29.8 Å². The van der Waals surface area contributed by atoms with Crippen LogP contribution >= 0.6 is 15.9 Å². The van der Waals surface area contributed by atoms with Crippen molar-refractivity contribution in [1.82, 2.24) is 4.90 Å². The van der Waals surface area contributed by atoms with Gasteiger partial charge in [0.25, 0.3) is 0 Å². The van der Waals surface area contributed by atoms with Crippen LogP contribution in [0.5, 0.6) is 0 Å². The van der Waals surface area contributed by atoms with Crippen molar-refractivity contribution in [3.63, 3.8) is 0 Å². The highest BCUT2D eigenvalue weighted by atomic mass is 79.9. The Morgan fingerprint density at radius 3 is 2.13 bits per heavy atom. The predicted octanol–water partition coefficient (Wildman–Crippen LogP) is 2.17. The summed E-state index contributed by atoms with van der Waals surface area (Å²) in [5.41, 5.74) is 0. The first-order chi connectivity index (χ1) is 6.88. The van der Waals surface area contributed by atoms with Gasteiger partial charge in [-0.05, 0) is 26.7 Å². The number of nitrogens with zero attached hydrogens (tertiary/aromatic N) is 1. The second kappa shape index (κ2) is 6.48. The van der Waals surface area contributed by atoms with E-state index in [-0.39, 0.29) is 18.6 Å². The lowest BCUT2D eigenvalue weighted by atomic mass is 10.1. The molecule has 0 heterocycles. The lowest BCUT2D eigenvalue weighted by Crippen LogP contribution is -2.48. The van der Waals surface area contributed by atoms with Gasteiger partial charge in [0, 0.05) is 12.6 Å². The van der Waals surface area contributed by atoms with Crippen molar-refractivity contribution in [3.05, 3.63) is 0 Å². The summed E-state index contributed by atoms with van der Waals surface area (Å²) >= 11 is 3.37. The van der Waals surface area contributed by atoms with Crippen molar-refractivity contribution < 1.29 is 9.90 Å². The number of hydrogen-bond donors (Lipinski definition) is 1. The summed E-state index contributed by atoms with van der Waals surface area (Å²) in [6.45, 7) is 8.23. The van der Waals surface area contributed by atoms with Crippen LogP contribution in [0.3, 0.4) is 0 Å². The highest BCUT2D eigenvalue weighted by Gasteiger charge is 2.31. The minimum Gasteiger partial charge on any atom is -0.395 e. The highest BCUT2D eigenvalue weighted by Crippen LogP contribution is 2.22. The summed E-state index contributed by atoms with van der Waals surface area (Å²) in [5, 5.41) is 8.98. The van der Waals surface area contributed by atoms with Gasteiger partial charge in [-0.2, -0.15) is 0 Å². The summed E-state index contributed by atoms with van der Waals surface area (Å²) in [7, 11) is 0. The van der Waals surface area contributed by atoms with Crippen LogP contribution in [0.15, 0.2) is 0 Å². The summed E-state index contributed by atoms with van der Waals surface area (Å²) in [6.07, 6.45) is 1.84. The largest absolute Gasteiger partial charge is 0.395 e. The molecule has 15 heavy (non-hydrogen) atoms. The maximum atomic E-state index is 12.1. The average Bonchev–Trinajstić information content (AvgIpc) is 2.16. The minimum absolute atomic E-state index is 0.0192. The molecule has 0 aromatic rings. The van der Waals surface area contributed by atoms with Crippen LogP contribution < -0.4 is 0 Å². The molecule has 0 aliphatic carbocycles. The molecule has 0 aromatic carbocycles. The molecule has 1 amide bonds. The molecule has 3 nitrogen and oxygen atoms in total. The normalized spacial score (nSPS) is 11.9. The number of aliphatic hydroxyl groups is 1. The number of carbonyl (C=O) groups is 1. The van der Waals surface area contributed by atoms with E-state index in [9.17, 15) is 4.79 Å². The monoisotopic (exact) mass is 279 g/mol. The summed E-state index contributed by atoms with van der Waals surface area (Å²) in [4.78, 5) is 13.9. The first-order valence-corrected chi connectivity index (χ1v) is 6.28. The number of carbonyl (C=O) groups excluding carboxylic acids is 1. The van der Waals surface area contributed by atoms with Crippen molar-refractivity contribution in [2.45, 2.75) is 50.9 Å². The molecule has 0 fully saturated rings. The Morgan fingerprint density at radius 1 is 1.40 bits per heavy atom. The fourth-order valence-electron chi connectivity index (χ4n) is 1.63. The first-order valence-electron chi connectivity index (χ1n) is 5.49. The molecule has 0 rings (SSSR count). The molecule has 0 unspecified atom stereocenters. The zero-order chi connectivity index (χ0) is 12.1. The fourth-order valence-corrected chi connectivity index (χ4v) is 1.86. The molecule has 1 N–H and O–H groups in total. The maximum absolute atomic E-state index is 12.1. The fraction of sp³-hybridized carbons (Fsp3) is 0.909. The summed E-state index contributed by atoms with van der Waals surface area (Å²) in [5.74, 6) is 0.0465. The van der Waals surface area contributed by atoms with Gasteiger partial charge in [0.2, 0.25) is 5.91 Å². The number of hydrogen-bond acceptors (Lipinski definition) is 2. The molecule has 90 valence electrons. The van der Waals surface area contributed by atoms with E-state index in [2.05, 4.69) is 29.8 Å². The predicted molar refractivity (Wildman–Crippen MR) is 66.2 cm³/mol. The van der Waals surface area contributed by atoms with Gasteiger partial charge in [-0.25, -0.2) is 0 Å². The van der Waals surface area contributed by atoms with Gasteiger partial charge in [0.05, 0.1) is 10.9 Å². The number of amides is 1. The first kappa shape index (κ1) is 14.9. The van der Waals surface area contributed by atoms with E-state index in [1.54, 1.807) is 4.90 Å². The molecule has 0 aromatic heterocycles. The third-order valence-corrected chi connectivity index (χ3v) is 2.83. The van der Waals surface area contributed by atoms with E-state index in [4.69, 9.17) is 5.11 Å². The van der Waals surface area contributed by atoms with Gasteiger partial charge >= 0.3 is 0 Å². The van der Waals surface area contributed by atoms with Gasteiger partial charge in [-0.3, -0.25) is 4.79 Å². The molecule has 0 radical (unpaired) electrons. The van der Waals surface area contributed by atoms with Crippen LogP contribution in [0.1, 0.15) is 40.5 Å². The Labute approximate surface area is 101 Å². The standard InChI is InChI=1S/C11H22BrNO2/c1-5-9(6-2)13(7-8-14)10(15)11(3,4)12/h9,14H,5-8H2,1-4H3. The van der Waals surface area contributed by atoms with Crippen LogP contribution in [0, 0.1) is 0 Å². The van der Waals surface area contributed by atoms with Crippen molar-refractivity contribution in [1.29, 1.82) is 0 Å². The summed E-state index contributed by atoms with van der Waals surface area (Å²) < 4.78 is -0.551. The molecular weight excluding hydrogens is 258 g/mol. The molecule has 0 atom stereocenters. The Balaban J connectivity index is 4.71. The zero-order valence-electron chi connectivity index (χ0n) is 10.1. The Kier molecular flexibility index (Phi) is 6.44. The molecule has 0 spiro atoms. The molecule has 0 aliphatic rings. The van der Waals surface area contributed by atoms with E-state index in [0.717, 1.165) is 12.8 Å². The van der Waals surface area contributed by atoms with Crippen LogP contribution in [0.2, 0.25) is 0 Å². The lowest BCUT2D eigenvalue weighted by molar-refractivity contribution is -0.135. The van der Waals surface area contributed by atoms with Crippen molar-refractivity contribution >= 4 is 21.8 Å². The number of alkyl halides is 1. The molecule has 0 bridgehead atoms. The SMILES string of the molecule is CCC(CC)N(CCO)C(=O)C(C)(C)Br. The van der Waals surface area contributed by atoms with Crippen LogP contribution in [0.25, 0.3) is 0 Å². The zero-order valence-corrected chi connectivity index (χ0v) is 11.7. The molecule has 0 aliphatic heterocycles. The van der Waals surface area contributed by atoms with E-state index >= 15 is 0 Å². The van der Waals surface area contributed by atoms with Crippen molar-refractivity contribution in [3.8, 4) is 0 Å². The second-order valence-electron chi connectivity index (χ2n) is 4.16. The smallest absolute Gasteiger partial charge is 0.239 e. The number of halogens is 1. The summed E-state index contributed by atoms with van der Waals surface area (Å²) in [6, 6.07) is 0.224. The highest BCUT2D eigenvalue weighted by molar-refractivity contribution is 9.10. The lowest BCUT2D eigenvalue weighted by Gasteiger charge is -2.34. The number of rotatable bonds is 6. The minimum atomic E-state index is -0.551. The third-order valence-electron chi connectivity index (χ3n) is 2.49. The van der Waals surface area contributed by atoms with Crippen molar-refractivity contribution in [2.24, 2.45) is 0 Å². The van der Waals surface area contributed by atoms with E-state index < -0.39 is 4.32 Å². The molecule has 4 heteroatoms. The van der Waals surface area contributed by atoms with Crippen LogP contribution in [-0.2, 0) is 4.79 Å². The van der Waals surface area contributed by atoms with Gasteiger partial charge in [-0.15, -0.1) is 0 Å².